The van der Waals surface area contributed by atoms with Crippen LogP contribution in [0.2, 0.25) is 0 Å². The van der Waals surface area contributed by atoms with Crippen molar-refractivity contribution >= 4 is 32.8 Å². The van der Waals surface area contributed by atoms with Crippen LogP contribution in [0.3, 0.4) is 0 Å². The van der Waals surface area contributed by atoms with Gasteiger partial charge in [0, 0.05) is 11.4 Å². The number of benzene rings is 1. The van der Waals surface area contributed by atoms with Crippen LogP contribution in [0.5, 0.6) is 0 Å². The van der Waals surface area contributed by atoms with Crippen LogP contribution in [0, 0.1) is 5.92 Å². The highest BCUT2D eigenvalue weighted by Crippen LogP contribution is 2.28. The van der Waals surface area contributed by atoms with Crippen molar-refractivity contribution in [3.05, 3.63) is 34.5 Å². The molecule has 0 spiro atoms. The number of amides is 1. The summed E-state index contributed by atoms with van der Waals surface area (Å²) in [6, 6.07) is 7.70. The van der Waals surface area contributed by atoms with Gasteiger partial charge in [-0.05, 0) is 53.4 Å². The van der Waals surface area contributed by atoms with Crippen LogP contribution in [-0.4, -0.2) is 18.5 Å². The normalized spacial score (nSPS) is 22.3. The second kappa shape index (κ2) is 5.58. The molecule has 0 saturated heterocycles. The highest BCUT2D eigenvalue weighted by atomic mass is 79.9. The molecule has 1 amide bonds. The fraction of sp³-hybridized carbons (Fsp3) is 0.400. The number of hydrogen-bond acceptors (Lipinski definition) is 3. The van der Waals surface area contributed by atoms with Gasteiger partial charge in [0.2, 0.25) is 0 Å². The first kappa shape index (κ1) is 13.6. The van der Waals surface area contributed by atoms with E-state index < -0.39 is 0 Å². The van der Waals surface area contributed by atoms with Crippen molar-refractivity contribution in [3.63, 3.8) is 0 Å². The standard InChI is InChI=1S/C15H17BrN2O2/c16-11-5-1-3-9-7-13(20-14(9)11)15(19)18-12-6-2-4-10(12)8-17/h1,3,5,7,10,12H,2,4,6,8,17H2,(H,18,19). The molecule has 3 N–H and O–H groups in total. The lowest BCUT2D eigenvalue weighted by atomic mass is 10.0. The number of furan rings is 1. The summed E-state index contributed by atoms with van der Waals surface area (Å²) < 4.78 is 6.51. The maximum atomic E-state index is 12.3. The quantitative estimate of drug-likeness (QED) is 0.905. The van der Waals surface area contributed by atoms with Gasteiger partial charge < -0.3 is 15.5 Å². The molecule has 1 saturated carbocycles. The second-order valence-corrected chi connectivity index (χ2v) is 6.13. The molecule has 1 aromatic heterocycles. The minimum Gasteiger partial charge on any atom is -0.450 e. The summed E-state index contributed by atoms with van der Waals surface area (Å²) in [6.07, 6.45) is 3.21. The van der Waals surface area contributed by atoms with Gasteiger partial charge in [0.05, 0.1) is 4.47 Å². The van der Waals surface area contributed by atoms with Crippen molar-refractivity contribution in [1.29, 1.82) is 0 Å². The average molecular weight is 337 g/mol. The molecule has 4 nitrogen and oxygen atoms in total. The molecule has 0 bridgehead atoms. The summed E-state index contributed by atoms with van der Waals surface area (Å²) in [7, 11) is 0. The zero-order chi connectivity index (χ0) is 14.1. The molecule has 2 aromatic rings. The van der Waals surface area contributed by atoms with Crippen LogP contribution in [0.4, 0.5) is 0 Å². The Morgan fingerprint density at radius 2 is 2.30 bits per heavy atom. The van der Waals surface area contributed by atoms with E-state index in [9.17, 15) is 4.79 Å². The highest BCUT2D eigenvalue weighted by molar-refractivity contribution is 9.10. The molecule has 2 atom stereocenters. The third-order valence-corrected chi connectivity index (χ3v) is 4.62. The number of carbonyl (C=O) groups excluding carboxylic acids is 1. The Balaban J connectivity index is 1.80. The van der Waals surface area contributed by atoms with Crippen molar-refractivity contribution in [2.45, 2.75) is 25.3 Å². The van der Waals surface area contributed by atoms with Crippen molar-refractivity contribution in [1.82, 2.24) is 5.32 Å². The topological polar surface area (TPSA) is 68.3 Å². The molecule has 106 valence electrons. The maximum Gasteiger partial charge on any atom is 0.287 e. The van der Waals surface area contributed by atoms with Gasteiger partial charge >= 0.3 is 0 Å². The predicted octanol–water partition coefficient (Wildman–Crippen LogP) is 3.05. The van der Waals surface area contributed by atoms with Crippen LogP contribution in [0.25, 0.3) is 11.0 Å². The Labute approximate surface area is 125 Å². The first-order chi connectivity index (χ1) is 9.69. The molecule has 2 unspecified atom stereocenters. The van der Waals surface area contributed by atoms with Crippen molar-refractivity contribution in [2.24, 2.45) is 11.7 Å². The largest absolute Gasteiger partial charge is 0.450 e. The lowest BCUT2D eigenvalue weighted by Gasteiger charge is -2.18. The monoisotopic (exact) mass is 336 g/mol. The van der Waals surface area contributed by atoms with E-state index >= 15 is 0 Å². The van der Waals surface area contributed by atoms with Crippen LogP contribution >= 0.6 is 15.9 Å². The molecule has 5 heteroatoms. The molecule has 1 aliphatic carbocycles. The first-order valence-electron chi connectivity index (χ1n) is 6.88. The molecular weight excluding hydrogens is 320 g/mol. The SMILES string of the molecule is NCC1CCCC1NC(=O)c1cc2cccc(Br)c2o1. The number of carbonyl (C=O) groups is 1. The molecule has 1 fully saturated rings. The molecule has 20 heavy (non-hydrogen) atoms. The third-order valence-electron chi connectivity index (χ3n) is 4.00. The van der Waals surface area contributed by atoms with Gasteiger partial charge in [0.25, 0.3) is 5.91 Å². The minimum absolute atomic E-state index is 0.154. The number of fused-ring (bicyclic) bond motifs is 1. The molecule has 1 heterocycles. The second-order valence-electron chi connectivity index (χ2n) is 5.28. The van der Waals surface area contributed by atoms with Crippen LogP contribution in [0.15, 0.2) is 33.2 Å². The van der Waals surface area contributed by atoms with Crippen molar-refractivity contribution < 1.29 is 9.21 Å². The van der Waals surface area contributed by atoms with Crippen molar-refractivity contribution in [3.8, 4) is 0 Å². The Morgan fingerprint density at radius 1 is 1.45 bits per heavy atom. The maximum absolute atomic E-state index is 12.3. The van der Waals surface area contributed by atoms with E-state index in [2.05, 4.69) is 21.2 Å². The van der Waals surface area contributed by atoms with Gasteiger partial charge in [-0.25, -0.2) is 0 Å². The average Bonchev–Trinajstić information content (AvgIpc) is 3.05. The Kier molecular flexibility index (Phi) is 3.81. The number of para-hydroxylation sites is 1. The number of rotatable bonds is 3. The number of halogens is 1. The van der Waals surface area contributed by atoms with Crippen molar-refractivity contribution in [2.75, 3.05) is 6.54 Å². The van der Waals surface area contributed by atoms with E-state index in [0.29, 0.717) is 23.8 Å². The van der Waals surface area contributed by atoms with E-state index in [0.717, 1.165) is 29.1 Å². The summed E-state index contributed by atoms with van der Waals surface area (Å²) >= 11 is 3.43. The van der Waals surface area contributed by atoms with Crippen LogP contribution in [0.1, 0.15) is 29.8 Å². The van der Waals surface area contributed by atoms with Gasteiger partial charge in [-0.3, -0.25) is 4.79 Å². The van der Waals surface area contributed by atoms with Crippen LogP contribution in [-0.2, 0) is 0 Å². The first-order valence-corrected chi connectivity index (χ1v) is 7.67. The number of hydrogen-bond donors (Lipinski definition) is 2. The van der Waals surface area contributed by atoms with E-state index in [1.807, 2.05) is 18.2 Å². The fourth-order valence-corrected chi connectivity index (χ4v) is 3.35. The van der Waals surface area contributed by atoms with Gasteiger partial charge in [-0.2, -0.15) is 0 Å². The minimum atomic E-state index is -0.154. The Hall–Kier alpha value is -1.33. The van der Waals surface area contributed by atoms with E-state index in [-0.39, 0.29) is 11.9 Å². The van der Waals surface area contributed by atoms with Gasteiger partial charge in [0.1, 0.15) is 5.58 Å². The zero-order valence-electron chi connectivity index (χ0n) is 11.1. The van der Waals surface area contributed by atoms with Gasteiger partial charge in [-0.1, -0.05) is 18.6 Å². The molecule has 1 aliphatic rings. The molecule has 0 aliphatic heterocycles. The Morgan fingerprint density at radius 3 is 3.05 bits per heavy atom. The third kappa shape index (κ3) is 2.47. The number of nitrogens with two attached hydrogens (primary N) is 1. The van der Waals surface area contributed by atoms with E-state index in [1.165, 1.54) is 0 Å². The smallest absolute Gasteiger partial charge is 0.287 e. The Bertz CT molecular complexity index is 638. The summed E-state index contributed by atoms with van der Waals surface area (Å²) in [5, 5.41) is 3.97. The zero-order valence-corrected chi connectivity index (χ0v) is 12.7. The predicted molar refractivity (Wildman–Crippen MR) is 81.6 cm³/mol. The number of nitrogens with one attached hydrogen (secondary N) is 1. The van der Waals surface area contributed by atoms with Crippen LogP contribution < -0.4 is 11.1 Å². The highest BCUT2D eigenvalue weighted by Gasteiger charge is 2.28. The summed E-state index contributed by atoms with van der Waals surface area (Å²) in [5.74, 6) is 0.586. The summed E-state index contributed by atoms with van der Waals surface area (Å²) in [6.45, 7) is 0.622. The van der Waals surface area contributed by atoms with Gasteiger partial charge in [0.15, 0.2) is 5.76 Å². The fourth-order valence-electron chi connectivity index (χ4n) is 2.89. The van der Waals surface area contributed by atoms with E-state index in [4.69, 9.17) is 10.2 Å². The molecular formula is C15H17BrN2O2. The van der Waals surface area contributed by atoms with Gasteiger partial charge in [-0.15, -0.1) is 0 Å². The summed E-state index contributed by atoms with van der Waals surface area (Å²) in [5.41, 5.74) is 6.45. The molecule has 1 aromatic carbocycles. The lowest BCUT2D eigenvalue weighted by molar-refractivity contribution is 0.0903. The molecule has 0 radical (unpaired) electrons. The molecule has 3 rings (SSSR count). The summed E-state index contributed by atoms with van der Waals surface area (Å²) in [4.78, 5) is 12.3. The lowest BCUT2D eigenvalue weighted by Crippen LogP contribution is -2.39. The van der Waals surface area contributed by atoms with E-state index in [1.54, 1.807) is 6.07 Å².